The lowest BCUT2D eigenvalue weighted by atomic mass is 10.0. The molecule has 3 aromatic rings. The van der Waals surface area contributed by atoms with Crippen LogP contribution in [0.2, 0.25) is 0 Å². The van der Waals surface area contributed by atoms with E-state index in [1.807, 2.05) is 76.2 Å². The second kappa shape index (κ2) is 7.24. The topological polar surface area (TPSA) is 53.8 Å². The van der Waals surface area contributed by atoms with Crippen LogP contribution in [0, 0.1) is 27.7 Å². The van der Waals surface area contributed by atoms with Crippen molar-refractivity contribution in [3.8, 4) is 0 Å². The van der Waals surface area contributed by atoms with Crippen LogP contribution in [0.1, 0.15) is 34.3 Å². The maximum atomic E-state index is 13.7. The first-order chi connectivity index (χ1) is 13.9. The highest BCUT2D eigenvalue weighted by Gasteiger charge is 2.44. The summed E-state index contributed by atoms with van der Waals surface area (Å²) in [4.78, 5) is 30.2. The molecular weight excluding hydrogens is 364 g/mol. The van der Waals surface area contributed by atoms with Crippen LogP contribution in [-0.2, 0) is 9.59 Å². The van der Waals surface area contributed by atoms with Crippen molar-refractivity contribution in [1.82, 2.24) is 0 Å². The van der Waals surface area contributed by atoms with Gasteiger partial charge in [-0.1, -0.05) is 35.9 Å². The summed E-state index contributed by atoms with van der Waals surface area (Å²) in [5, 5.41) is 0. The zero-order valence-electron chi connectivity index (χ0n) is 17.1. The normalized spacial score (nSPS) is 17.2. The van der Waals surface area contributed by atoms with Crippen LogP contribution in [0.3, 0.4) is 0 Å². The highest BCUT2D eigenvalue weighted by molar-refractivity contribution is 6.14. The van der Waals surface area contributed by atoms with Crippen LogP contribution in [0.4, 0.5) is 11.4 Å². The Hall–Kier alpha value is -3.34. The molecule has 148 valence electrons. The van der Waals surface area contributed by atoms with Gasteiger partial charge < -0.3 is 9.32 Å². The predicted molar refractivity (Wildman–Crippen MR) is 113 cm³/mol. The molecular formula is C24H24N2O3. The first-order valence-corrected chi connectivity index (χ1v) is 9.69. The van der Waals surface area contributed by atoms with Gasteiger partial charge in [0.15, 0.2) is 6.04 Å². The maximum Gasteiger partial charge on any atom is 0.258 e. The quantitative estimate of drug-likeness (QED) is 0.657. The number of amides is 2. The lowest BCUT2D eigenvalue weighted by Gasteiger charge is -2.40. The van der Waals surface area contributed by atoms with Crippen LogP contribution >= 0.6 is 0 Å². The number of hydrogen-bond donors (Lipinski definition) is 0. The van der Waals surface area contributed by atoms with Gasteiger partial charge >= 0.3 is 0 Å². The number of nitrogens with zero attached hydrogens (tertiary/aromatic N) is 2. The van der Waals surface area contributed by atoms with Gasteiger partial charge in [-0.05, 0) is 63.1 Å². The van der Waals surface area contributed by atoms with Crippen LogP contribution in [0.15, 0.2) is 59.0 Å². The van der Waals surface area contributed by atoms with E-state index in [2.05, 4.69) is 0 Å². The van der Waals surface area contributed by atoms with E-state index in [0.29, 0.717) is 11.5 Å². The van der Waals surface area contributed by atoms with E-state index in [9.17, 15) is 9.59 Å². The smallest absolute Gasteiger partial charge is 0.258 e. The molecule has 1 saturated heterocycles. The standard InChI is InChI=1S/C24H24N2O3/c1-15-9-11-20(17(3)13-15)26-22(27)14-25(19-8-6-5-7-16(19)2)24(28)23(26)21-12-10-18(4)29-21/h5-13,23H,14H2,1-4H3/t23-/m1/s1. The van der Waals surface area contributed by atoms with Gasteiger partial charge in [0.05, 0.1) is 0 Å². The third-order valence-electron chi connectivity index (χ3n) is 5.37. The number of hydrogen-bond acceptors (Lipinski definition) is 3. The summed E-state index contributed by atoms with van der Waals surface area (Å²) in [5.41, 5.74) is 4.48. The van der Waals surface area contributed by atoms with E-state index in [4.69, 9.17) is 4.42 Å². The molecule has 0 bridgehead atoms. The highest BCUT2D eigenvalue weighted by atomic mass is 16.3. The molecule has 1 aliphatic heterocycles. The van der Waals surface area contributed by atoms with Crippen molar-refractivity contribution in [1.29, 1.82) is 0 Å². The van der Waals surface area contributed by atoms with Crippen molar-refractivity contribution >= 4 is 23.2 Å². The average molecular weight is 388 g/mol. The zero-order valence-corrected chi connectivity index (χ0v) is 17.1. The minimum atomic E-state index is -0.842. The summed E-state index contributed by atoms with van der Waals surface area (Å²) >= 11 is 0. The molecule has 2 heterocycles. The number of anilines is 2. The molecule has 1 atom stereocenters. The second-order valence-corrected chi connectivity index (χ2v) is 7.62. The largest absolute Gasteiger partial charge is 0.464 e. The maximum absolute atomic E-state index is 13.7. The number of carbonyl (C=O) groups excluding carboxylic acids is 2. The second-order valence-electron chi connectivity index (χ2n) is 7.62. The molecule has 1 fully saturated rings. The van der Waals surface area contributed by atoms with E-state index in [-0.39, 0.29) is 18.4 Å². The van der Waals surface area contributed by atoms with Gasteiger partial charge in [0, 0.05) is 11.4 Å². The van der Waals surface area contributed by atoms with Crippen molar-refractivity contribution in [2.75, 3.05) is 16.3 Å². The summed E-state index contributed by atoms with van der Waals surface area (Å²) in [7, 11) is 0. The number of carbonyl (C=O) groups is 2. The van der Waals surface area contributed by atoms with E-state index >= 15 is 0 Å². The lowest BCUT2D eigenvalue weighted by molar-refractivity contribution is -0.129. The lowest BCUT2D eigenvalue weighted by Crippen LogP contribution is -2.56. The molecule has 0 spiro atoms. The summed E-state index contributed by atoms with van der Waals surface area (Å²) in [6.07, 6.45) is 0. The van der Waals surface area contributed by atoms with Crippen molar-refractivity contribution < 1.29 is 14.0 Å². The van der Waals surface area contributed by atoms with Gasteiger partial charge in [-0.3, -0.25) is 14.5 Å². The summed E-state index contributed by atoms with van der Waals surface area (Å²) in [6, 6.07) is 16.3. The van der Waals surface area contributed by atoms with Gasteiger partial charge in [0.2, 0.25) is 5.91 Å². The molecule has 1 aromatic heterocycles. The Kier molecular flexibility index (Phi) is 4.74. The number of aryl methyl sites for hydroxylation is 4. The van der Waals surface area contributed by atoms with E-state index < -0.39 is 6.04 Å². The molecule has 2 amide bonds. The SMILES string of the molecule is Cc1ccc(N2C(=O)CN(c3ccccc3C)C(=O)[C@H]2c2ccc(C)o2)c(C)c1. The molecule has 0 N–H and O–H groups in total. The first-order valence-electron chi connectivity index (χ1n) is 9.69. The molecule has 5 heteroatoms. The molecule has 0 unspecified atom stereocenters. The van der Waals surface area contributed by atoms with E-state index in [0.717, 1.165) is 28.1 Å². The van der Waals surface area contributed by atoms with Gasteiger partial charge in [0.1, 0.15) is 18.1 Å². The molecule has 1 aliphatic rings. The van der Waals surface area contributed by atoms with Crippen LogP contribution in [0.5, 0.6) is 0 Å². The third kappa shape index (κ3) is 3.33. The van der Waals surface area contributed by atoms with Crippen molar-refractivity contribution in [3.05, 3.63) is 82.8 Å². The molecule has 0 radical (unpaired) electrons. The van der Waals surface area contributed by atoms with Gasteiger partial charge in [-0.25, -0.2) is 0 Å². The number of benzene rings is 2. The zero-order chi connectivity index (χ0) is 20.7. The van der Waals surface area contributed by atoms with Gasteiger partial charge in [0.25, 0.3) is 5.91 Å². The van der Waals surface area contributed by atoms with E-state index in [1.165, 1.54) is 0 Å². The fraction of sp³-hybridized carbons (Fsp3) is 0.250. The van der Waals surface area contributed by atoms with Crippen LogP contribution in [-0.4, -0.2) is 18.4 Å². The number of para-hydroxylation sites is 1. The Bertz CT molecular complexity index is 1100. The molecule has 29 heavy (non-hydrogen) atoms. The number of rotatable bonds is 3. The minimum Gasteiger partial charge on any atom is -0.464 e. The Labute approximate surface area is 170 Å². The Morgan fingerprint density at radius 3 is 2.28 bits per heavy atom. The first kappa shape index (κ1) is 19.0. The molecule has 2 aromatic carbocycles. The third-order valence-corrected chi connectivity index (χ3v) is 5.37. The summed E-state index contributed by atoms with van der Waals surface area (Å²) in [6.45, 7) is 7.73. The number of piperazine rings is 1. The average Bonchev–Trinajstić information content (AvgIpc) is 3.10. The van der Waals surface area contributed by atoms with Crippen molar-refractivity contribution in [3.63, 3.8) is 0 Å². The van der Waals surface area contributed by atoms with Gasteiger partial charge in [-0.15, -0.1) is 0 Å². The predicted octanol–water partition coefficient (Wildman–Crippen LogP) is 4.63. The summed E-state index contributed by atoms with van der Waals surface area (Å²) in [5.74, 6) is 0.861. The summed E-state index contributed by atoms with van der Waals surface area (Å²) < 4.78 is 5.83. The molecule has 0 saturated carbocycles. The van der Waals surface area contributed by atoms with Crippen LogP contribution < -0.4 is 9.80 Å². The van der Waals surface area contributed by atoms with Crippen molar-refractivity contribution in [2.24, 2.45) is 0 Å². The molecule has 4 rings (SSSR count). The Balaban J connectivity index is 1.85. The molecule has 5 nitrogen and oxygen atoms in total. The Morgan fingerprint density at radius 1 is 0.862 bits per heavy atom. The Morgan fingerprint density at radius 2 is 1.62 bits per heavy atom. The van der Waals surface area contributed by atoms with E-state index in [1.54, 1.807) is 15.9 Å². The monoisotopic (exact) mass is 388 g/mol. The fourth-order valence-corrected chi connectivity index (χ4v) is 3.96. The van der Waals surface area contributed by atoms with Crippen molar-refractivity contribution in [2.45, 2.75) is 33.7 Å². The fourth-order valence-electron chi connectivity index (χ4n) is 3.96. The van der Waals surface area contributed by atoms with Crippen LogP contribution in [0.25, 0.3) is 0 Å². The highest BCUT2D eigenvalue weighted by Crippen LogP contribution is 2.37. The number of furan rings is 1. The molecule has 0 aliphatic carbocycles. The van der Waals surface area contributed by atoms with Gasteiger partial charge in [-0.2, -0.15) is 0 Å². The minimum absolute atomic E-state index is 0.00675.